The Morgan fingerprint density at radius 3 is 2.62 bits per heavy atom. The number of nitrogens with two attached hydrogens (primary N) is 2. The minimum atomic E-state index is -2.84. The van der Waals surface area contributed by atoms with Gasteiger partial charge < -0.3 is 16.6 Å². The summed E-state index contributed by atoms with van der Waals surface area (Å²) in [5.74, 6) is -1.22. The molecule has 5 N–H and O–H groups in total. The van der Waals surface area contributed by atoms with E-state index in [0.29, 0.717) is 0 Å². The molecule has 0 bridgehead atoms. The van der Waals surface area contributed by atoms with Crippen LogP contribution in [0.15, 0.2) is 6.20 Å². The van der Waals surface area contributed by atoms with Crippen LogP contribution in [0.1, 0.15) is 23.2 Å². The van der Waals surface area contributed by atoms with Gasteiger partial charge in [0.25, 0.3) is 6.43 Å². The third-order valence-corrected chi connectivity index (χ3v) is 2.08. The van der Waals surface area contributed by atoms with E-state index in [-0.39, 0.29) is 23.5 Å². The summed E-state index contributed by atoms with van der Waals surface area (Å²) in [7, 11) is 0. The Morgan fingerprint density at radius 2 is 2.19 bits per heavy atom. The molecule has 0 atom stereocenters. The molecule has 0 aliphatic rings. The number of anilines is 1. The van der Waals surface area contributed by atoms with Crippen LogP contribution in [0, 0.1) is 0 Å². The van der Waals surface area contributed by atoms with Crippen molar-refractivity contribution >= 4 is 11.7 Å². The number of carboxylic acids is 1. The highest BCUT2D eigenvalue weighted by molar-refractivity contribution is 5.72. The van der Waals surface area contributed by atoms with Crippen molar-refractivity contribution in [1.82, 2.24) is 4.98 Å². The van der Waals surface area contributed by atoms with E-state index < -0.39 is 24.4 Å². The maximum Gasteiger partial charge on any atom is 0.307 e. The van der Waals surface area contributed by atoms with Gasteiger partial charge in [-0.15, -0.1) is 0 Å². The number of aromatic nitrogens is 1. The summed E-state index contributed by atoms with van der Waals surface area (Å²) in [5, 5.41) is 8.55. The Kier molecular flexibility index (Phi) is 3.73. The molecule has 1 aromatic rings. The lowest BCUT2D eigenvalue weighted by molar-refractivity contribution is -0.136. The Balaban J connectivity index is 3.28. The van der Waals surface area contributed by atoms with Crippen molar-refractivity contribution in [3.8, 4) is 0 Å². The molecule has 1 rings (SSSR count). The Hall–Kier alpha value is -1.76. The van der Waals surface area contributed by atoms with Gasteiger partial charge in [0.05, 0.1) is 17.8 Å². The fraction of sp³-hybridized carbons (Fsp3) is 0.333. The second kappa shape index (κ2) is 4.84. The van der Waals surface area contributed by atoms with Crippen LogP contribution in [-0.2, 0) is 17.8 Å². The first-order valence-corrected chi connectivity index (χ1v) is 4.43. The smallest absolute Gasteiger partial charge is 0.307 e. The number of nitrogen functional groups attached to an aromatic ring is 1. The molecule has 7 heteroatoms. The van der Waals surface area contributed by atoms with Crippen LogP contribution >= 0.6 is 0 Å². The number of pyridine rings is 1. The fourth-order valence-corrected chi connectivity index (χ4v) is 1.35. The van der Waals surface area contributed by atoms with Crippen LogP contribution < -0.4 is 11.5 Å². The van der Waals surface area contributed by atoms with Crippen molar-refractivity contribution in [2.45, 2.75) is 19.4 Å². The molecule has 0 spiro atoms. The van der Waals surface area contributed by atoms with Crippen LogP contribution in [0.4, 0.5) is 14.5 Å². The number of aliphatic carboxylic acids is 1. The fourth-order valence-electron chi connectivity index (χ4n) is 1.35. The second-order valence-corrected chi connectivity index (χ2v) is 3.13. The van der Waals surface area contributed by atoms with Crippen molar-refractivity contribution in [2.75, 3.05) is 5.73 Å². The zero-order valence-corrected chi connectivity index (χ0v) is 8.28. The molecule has 0 aliphatic carbocycles. The second-order valence-electron chi connectivity index (χ2n) is 3.13. The normalized spacial score (nSPS) is 10.8. The Labute approximate surface area is 90.1 Å². The largest absolute Gasteiger partial charge is 0.481 e. The number of hydrogen-bond donors (Lipinski definition) is 3. The van der Waals surface area contributed by atoms with Crippen molar-refractivity contribution in [2.24, 2.45) is 5.73 Å². The topological polar surface area (TPSA) is 102 Å². The number of rotatable bonds is 4. The predicted molar refractivity (Wildman–Crippen MR) is 52.8 cm³/mol. The predicted octanol–water partition coefficient (Wildman–Crippen LogP) is 0.687. The molecule has 1 heterocycles. The van der Waals surface area contributed by atoms with E-state index in [9.17, 15) is 13.6 Å². The first-order valence-electron chi connectivity index (χ1n) is 4.43. The van der Waals surface area contributed by atoms with Gasteiger partial charge in [0.2, 0.25) is 0 Å². The Morgan fingerprint density at radius 1 is 1.56 bits per heavy atom. The molecule has 0 fully saturated rings. The van der Waals surface area contributed by atoms with Crippen LogP contribution in [0.25, 0.3) is 0 Å². The van der Waals surface area contributed by atoms with Gasteiger partial charge in [0.15, 0.2) is 0 Å². The molecule has 0 aromatic carbocycles. The molecule has 0 amide bonds. The minimum Gasteiger partial charge on any atom is -0.481 e. The van der Waals surface area contributed by atoms with E-state index in [1.807, 2.05) is 0 Å². The molecule has 0 aliphatic heterocycles. The van der Waals surface area contributed by atoms with Gasteiger partial charge in [0.1, 0.15) is 0 Å². The third-order valence-electron chi connectivity index (χ3n) is 2.08. The molecule has 1 aromatic heterocycles. The maximum absolute atomic E-state index is 12.7. The standard InChI is InChI=1S/C9H11F2N3O2/c10-9(11)7-4(1-6(15)16)3-14-5(2-12)8(7)13/h3,9H,1-2,12-13H2,(H,15,16). The van der Waals surface area contributed by atoms with Crippen LogP contribution in [0.3, 0.4) is 0 Å². The molecular weight excluding hydrogens is 220 g/mol. The summed E-state index contributed by atoms with van der Waals surface area (Å²) in [4.78, 5) is 14.2. The van der Waals surface area contributed by atoms with E-state index in [1.54, 1.807) is 0 Å². The first kappa shape index (κ1) is 12.3. The van der Waals surface area contributed by atoms with Crippen LogP contribution in [-0.4, -0.2) is 16.1 Å². The molecule has 0 unspecified atom stereocenters. The zero-order valence-electron chi connectivity index (χ0n) is 8.28. The molecule has 88 valence electrons. The highest BCUT2D eigenvalue weighted by Crippen LogP contribution is 2.30. The molecule has 0 saturated heterocycles. The average Bonchev–Trinajstić information content (AvgIpc) is 2.16. The van der Waals surface area contributed by atoms with Crippen molar-refractivity contribution in [3.63, 3.8) is 0 Å². The summed E-state index contributed by atoms with van der Waals surface area (Å²) in [5.41, 5.74) is 10.1. The lowest BCUT2D eigenvalue weighted by Crippen LogP contribution is -2.12. The van der Waals surface area contributed by atoms with E-state index in [4.69, 9.17) is 16.6 Å². The molecule has 5 nitrogen and oxygen atoms in total. The lowest BCUT2D eigenvalue weighted by Gasteiger charge is -2.12. The molecular formula is C9H11F2N3O2. The van der Waals surface area contributed by atoms with Gasteiger partial charge in [-0.25, -0.2) is 8.78 Å². The van der Waals surface area contributed by atoms with E-state index in [1.165, 1.54) is 0 Å². The van der Waals surface area contributed by atoms with Gasteiger partial charge in [-0.1, -0.05) is 0 Å². The zero-order chi connectivity index (χ0) is 12.3. The monoisotopic (exact) mass is 231 g/mol. The van der Waals surface area contributed by atoms with E-state index in [2.05, 4.69) is 4.98 Å². The Bertz CT molecular complexity index is 410. The van der Waals surface area contributed by atoms with Gasteiger partial charge >= 0.3 is 5.97 Å². The first-order chi connectivity index (χ1) is 7.47. The van der Waals surface area contributed by atoms with E-state index in [0.717, 1.165) is 6.20 Å². The highest BCUT2D eigenvalue weighted by atomic mass is 19.3. The number of carboxylic acid groups (broad SMARTS) is 1. The molecule has 16 heavy (non-hydrogen) atoms. The number of halogens is 2. The summed E-state index contributed by atoms with van der Waals surface area (Å²) in [6.07, 6.45) is -2.31. The molecule has 0 radical (unpaired) electrons. The maximum atomic E-state index is 12.7. The summed E-state index contributed by atoms with van der Waals surface area (Å²) < 4.78 is 25.4. The van der Waals surface area contributed by atoms with E-state index >= 15 is 0 Å². The number of hydrogen-bond acceptors (Lipinski definition) is 4. The SMILES string of the molecule is NCc1ncc(CC(=O)O)c(C(F)F)c1N. The summed E-state index contributed by atoms with van der Waals surface area (Å²) in [6.45, 7) is -0.0705. The number of alkyl halides is 2. The minimum absolute atomic E-state index is 0.0705. The third kappa shape index (κ3) is 2.43. The number of nitrogens with zero attached hydrogens (tertiary/aromatic N) is 1. The number of carbonyl (C=O) groups is 1. The van der Waals surface area contributed by atoms with Gasteiger partial charge in [0, 0.05) is 18.3 Å². The van der Waals surface area contributed by atoms with Gasteiger partial charge in [-0.3, -0.25) is 9.78 Å². The van der Waals surface area contributed by atoms with Crippen molar-refractivity contribution in [3.05, 3.63) is 23.0 Å². The van der Waals surface area contributed by atoms with Crippen LogP contribution in [0.5, 0.6) is 0 Å². The highest BCUT2D eigenvalue weighted by Gasteiger charge is 2.20. The van der Waals surface area contributed by atoms with Gasteiger partial charge in [-0.05, 0) is 5.56 Å². The average molecular weight is 231 g/mol. The van der Waals surface area contributed by atoms with Crippen molar-refractivity contribution in [1.29, 1.82) is 0 Å². The summed E-state index contributed by atoms with van der Waals surface area (Å²) in [6, 6.07) is 0. The van der Waals surface area contributed by atoms with Crippen molar-refractivity contribution < 1.29 is 18.7 Å². The summed E-state index contributed by atoms with van der Waals surface area (Å²) >= 11 is 0. The van der Waals surface area contributed by atoms with Gasteiger partial charge in [-0.2, -0.15) is 0 Å². The lowest BCUT2D eigenvalue weighted by atomic mass is 10.0. The molecule has 0 saturated carbocycles. The van der Waals surface area contributed by atoms with Crippen LogP contribution in [0.2, 0.25) is 0 Å². The quantitative estimate of drug-likeness (QED) is 0.707.